The van der Waals surface area contributed by atoms with Crippen LogP contribution in [0.2, 0.25) is 0 Å². The maximum atomic E-state index is 13.0. The van der Waals surface area contributed by atoms with Crippen molar-refractivity contribution in [2.45, 2.75) is 6.54 Å². The highest BCUT2D eigenvalue weighted by atomic mass is 127. The lowest BCUT2D eigenvalue weighted by molar-refractivity contribution is 0.369. The lowest BCUT2D eigenvalue weighted by Crippen LogP contribution is -2.52. The summed E-state index contributed by atoms with van der Waals surface area (Å²) >= 11 is 0. The van der Waals surface area contributed by atoms with Crippen LogP contribution in [0, 0.1) is 5.82 Å². The fraction of sp³-hybridized carbons (Fsp3) is 0.316. The van der Waals surface area contributed by atoms with E-state index in [1.807, 2.05) is 18.2 Å². The summed E-state index contributed by atoms with van der Waals surface area (Å²) in [5, 5.41) is 13.3. The number of nitrogens with zero attached hydrogens (tertiary/aromatic N) is 3. The van der Waals surface area contributed by atoms with Gasteiger partial charge >= 0.3 is 0 Å². The molecule has 0 radical (unpaired) electrons. The topological polar surface area (TPSA) is 51.1 Å². The van der Waals surface area contributed by atoms with Crippen molar-refractivity contribution in [3.63, 3.8) is 0 Å². The van der Waals surface area contributed by atoms with E-state index in [1.165, 1.54) is 12.1 Å². The molecule has 2 aromatic rings. The Balaban J connectivity index is 0.00000243. The average molecular weight is 470 g/mol. The first-order valence-electron chi connectivity index (χ1n) is 8.40. The van der Waals surface area contributed by atoms with Gasteiger partial charge in [0.2, 0.25) is 0 Å². The first kappa shape index (κ1) is 20.3. The quantitative estimate of drug-likeness (QED) is 0.412. The Hall–Kier alpha value is -2.03. The Labute approximate surface area is 170 Å². The van der Waals surface area contributed by atoms with Gasteiger partial charge in [0.1, 0.15) is 11.6 Å². The van der Waals surface area contributed by atoms with Crippen LogP contribution in [0.4, 0.5) is 10.1 Å². The Morgan fingerprint density at radius 1 is 1.08 bits per heavy atom. The summed E-state index contributed by atoms with van der Waals surface area (Å²) in [4.78, 5) is 8.72. The Bertz CT molecular complexity index is 731. The third-order valence-electron chi connectivity index (χ3n) is 4.38. The van der Waals surface area contributed by atoms with Gasteiger partial charge < -0.3 is 20.2 Å². The van der Waals surface area contributed by atoms with E-state index >= 15 is 0 Å². The Kier molecular flexibility index (Phi) is 7.50. The summed E-state index contributed by atoms with van der Waals surface area (Å²) in [5.41, 5.74) is 1.88. The van der Waals surface area contributed by atoms with Crippen molar-refractivity contribution in [3.8, 4) is 5.75 Å². The van der Waals surface area contributed by atoms with Gasteiger partial charge in [0, 0.05) is 39.8 Å². The maximum Gasteiger partial charge on any atom is 0.194 e. The summed E-state index contributed by atoms with van der Waals surface area (Å²) in [6, 6.07) is 13.9. The van der Waals surface area contributed by atoms with Gasteiger partial charge in [0.05, 0.1) is 5.69 Å². The third kappa shape index (κ3) is 5.00. The number of halogens is 2. The van der Waals surface area contributed by atoms with Crippen LogP contribution in [-0.4, -0.2) is 49.2 Å². The zero-order chi connectivity index (χ0) is 17.6. The molecule has 26 heavy (non-hydrogen) atoms. The number of phenols is 1. The first-order valence-corrected chi connectivity index (χ1v) is 8.40. The molecule has 1 aliphatic rings. The van der Waals surface area contributed by atoms with E-state index in [0.717, 1.165) is 43.4 Å². The molecule has 2 N–H and O–H groups in total. The molecule has 0 unspecified atom stereocenters. The molecule has 0 aromatic heterocycles. The summed E-state index contributed by atoms with van der Waals surface area (Å²) in [7, 11) is 1.77. The SMILES string of the molecule is CN=C(NCc1ccc(F)cc1)N1CCN(c2ccccc2O)CC1.I. The van der Waals surface area contributed by atoms with Gasteiger partial charge in [-0.25, -0.2) is 4.39 Å². The molecule has 7 heteroatoms. The highest BCUT2D eigenvalue weighted by Crippen LogP contribution is 2.27. The van der Waals surface area contributed by atoms with E-state index in [-0.39, 0.29) is 29.8 Å². The minimum absolute atomic E-state index is 0. The molecule has 3 rings (SSSR count). The lowest BCUT2D eigenvalue weighted by Gasteiger charge is -2.37. The number of rotatable bonds is 3. The van der Waals surface area contributed by atoms with Gasteiger partial charge in [-0.05, 0) is 29.8 Å². The molecule has 1 saturated heterocycles. The number of hydrogen-bond acceptors (Lipinski definition) is 3. The highest BCUT2D eigenvalue weighted by Gasteiger charge is 2.21. The number of guanidine groups is 1. The van der Waals surface area contributed by atoms with Gasteiger partial charge in [0.25, 0.3) is 0 Å². The normalized spacial score (nSPS) is 14.8. The number of phenolic OH excluding ortho intramolecular Hbond substituents is 1. The average Bonchev–Trinajstić information content (AvgIpc) is 2.65. The number of benzene rings is 2. The largest absolute Gasteiger partial charge is 0.506 e. The van der Waals surface area contributed by atoms with Crippen molar-refractivity contribution >= 4 is 35.6 Å². The monoisotopic (exact) mass is 470 g/mol. The fourth-order valence-corrected chi connectivity index (χ4v) is 3.01. The van der Waals surface area contributed by atoms with Crippen LogP contribution < -0.4 is 10.2 Å². The van der Waals surface area contributed by atoms with Crippen LogP contribution in [0.25, 0.3) is 0 Å². The Morgan fingerprint density at radius 3 is 2.35 bits per heavy atom. The van der Waals surface area contributed by atoms with Crippen LogP contribution in [0.15, 0.2) is 53.5 Å². The molecule has 0 bridgehead atoms. The molecule has 1 aliphatic heterocycles. The van der Waals surface area contributed by atoms with Gasteiger partial charge in [-0.2, -0.15) is 0 Å². The molecule has 0 saturated carbocycles. The number of piperazine rings is 1. The molecule has 1 heterocycles. The van der Waals surface area contributed by atoms with Crippen molar-refractivity contribution in [2.75, 3.05) is 38.1 Å². The standard InChI is InChI=1S/C19H23FN4O.HI/c1-21-19(22-14-15-6-8-16(20)9-7-15)24-12-10-23(11-13-24)17-4-2-3-5-18(17)25;/h2-9,25H,10-14H2,1H3,(H,21,22);1H. The lowest BCUT2D eigenvalue weighted by atomic mass is 10.2. The van der Waals surface area contributed by atoms with E-state index < -0.39 is 0 Å². The second kappa shape index (κ2) is 9.61. The van der Waals surface area contributed by atoms with Gasteiger partial charge in [0.15, 0.2) is 5.96 Å². The number of aliphatic imine (C=N–C) groups is 1. The second-order valence-corrected chi connectivity index (χ2v) is 5.99. The highest BCUT2D eigenvalue weighted by molar-refractivity contribution is 14.0. The van der Waals surface area contributed by atoms with E-state index in [2.05, 4.69) is 20.1 Å². The van der Waals surface area contributed by atoms with E-state index in [0.29, 0.717) is 12.3 Å². The molecule has 0 spiro atoms. The van der Waals surface area contributed by atoms with Gasteiger partial charge in [-0.1, -0.05) is 24.3 Å². The van der Waals surface area contributed by atoms with E-state index in [1.54, 1.807) is 25.2 Å². The summed E-state index contributed by atoms with van der Waals surface area (Å²) < 4.78 is 13.0. The maximum absolute atomic E-state index is 13.0. The molecule has 5 nitrogen and oxygen atoms in total. The number of aromatic hydroxyl groups is 1. The van der Waals surface area contributed by atoms with Crippen LogP contribution in [0.1, 0.15) is 5.56 Å². The molecule has 1 fully saturated rings. The first-order chi connectivity index (χ1) is 12.2. The molecule has 0 aliphatic carbocycles. The molecular formula is C19H24FIN4O. The molecule has 0 amide bonds. The fourth-order valence-electron chi connectivity index (χ4n) is 3.01. The minimum Gasteiger partial charge on any atom is -0.506 e. The van der Waals surface area contributed by atoms with Crippen molar-refractivity contribution in [1.82, 2.24) is 10.2 Å². The van der Waals surface area contributed by atoms with Crippen molar-refractivity contribution in [3.05, 3.63) is 59.9 Å². The molecule has 140 valence electrons. The second-order valence-electron chi connectivity index (χ2n) is 5.99. The predicted octanol–water partition coefficient (Wildman–Crippen LogP) is 3.05. The van der Waals surface area contributed by atoms with Gasteiger partial charge in [-0.15, -0.1) is 24.0 Å². The van der Waals surface area contributed by atoms with Crippen molar-refractivity contribution in [2.24, 2.45) is 4.99 Å². The number of hydrogen-bond donors (Lipinski definition) is 2. The number of anilines is 1. The van der Waals surface area contributed by atoms with E-state index in [9.17, 15) is 9.50 Å². The number of nitrogens with one attached hydrogen (secondary N) is 1. The molecule has 2 aromatic carbocycles. The van der Waals surface area contributed by atoms with E-state index in [4.69, 9.17) is 0 Å². The van der Waals surface area contributed by atoms with Gasteiger partial charge in [-0.3, -0.25) is 4.99 Å². The molecular weight excluding hydrogens is 446 g/mol. The van der Waals surface area contributed by atoms with Crippen LogP contribution in [0.5, 0.6) is 5.75 Å². The van der Waals surface area contributed by atoms with Crippen LogP contribution in [-0.2, 0) is 6.54 Å². The third-order valence-corrected chi connectivity index (χ3v) is 4.38. The smallest absolute Gasteiger partial charge is 0.194 e. The predicted molar refractivity (Wildman–Crippen MR) is 114 cm³/mol. The van der Waals surface area contributed by atoms with Crippen LogP contribution in [0.3, 0.4) is 0 Å². The van der Waals surface area contributed by atoms with Crippen LogP contribution >= 0.6 is 24.0 Å². The summed E-state index contributed by atoms with van der Waals surface area (Å²) in [6.07, 6.45) is 0. The van der Waals surface area contributed by atoms with Crippen molar-refractivity contribution in [1.29, 1.82) is 0 Å². The van der Waals surface area contributed by atoms with Crippen molar-refractivity contribution < 1.29 is 9.50 Å². The summed E-state index contributed by atoms with van der Waals surface area (Å²) in [5.74, 6) is 0.921. The molecule has 0 atom stereocenters. The zero-order valence-corrected chi connectivity index (χ0v) is 17.1. The minimum atomic E-state index is -0.228. The number of para-hydroxylation sites is 2. The zero-order valence-electron chi connectivity index (χ0n) is 14.7. The Morgan fingerprint density at radius 2 is 1.73 bits per heavy atom. The summed E-state index contributed by atoms with van der Waals surface area (Å²) in [6.45, 7) is 3.87.